The average molecular weight is 516 g/mol. The molecule has 0 unspecified atom stereocenters. The van der Waals surface area contributed by atoms with Crippen molar-refractivity contribution in [3.05, 3.63) is 99.9 Å². The van der Waals surface area contributed by atoms with E-state index in [1.807, 2.05) is 5.38 Å². The number of hydrogen-bond acceptors (Lipinski definition) is 5. The van der Waals surface area contributed by atoms with Crippen LogP contribution in [0.1, 0.15) is 71.9 Å². The predicted octanol–water partition coefficient (Wildman–Crippen LogP) is 8.35. The van der Waals surface area contributed by atoms with Gasteiger partial charge in [-0.1, -0.05) is 63.1 Å². The number of carboxylic acids is 1. The molecular formula is C31H33NO4S. The van der Waals surface area contributed by atoms with Crippen LogP contribution in [0.2, 0.25) is 0 Å². The standard InChI is InChI=1S/C31H33NO4S/c1-3-5-23(6-4-2)24-11-15-27(16-12-24)35-19-22-7-9-25(10-8-22)29-21-37-30(32-29)20-36-28-17-13-26(14-18-28)31(33)34/h7-18,21,23H,3-6,19-20H2,1-2H3,(H,33,34). The van der Waals surface area contributed by atoms with Crippen LogP contribution in [0.5, 0.6) is 11.5 Å². The van der Waals surface area contributed by atoms with E-state index in [4.69, 9.17) is 14.6 Å². The van der Waals surface area contributed by atoms with Crippen LogP contribution in [0.15, 0.2) is 78.2 Å². The van der Waals surface area contributed by atoms with Crippen LogP contribution >= 0.6 is 11.3 Å². The summed E-state index contributed by atoms with van der Waals surface area (Å²) < 4.78 is 11.8. The van der Waals surface area contributed by atoms with Crippen molar-refractivity contribution in [2.75, 3.05) is 0 Å². The van der Waals surface area contributed by atoms with Crippen molar-refractivity contribution >= 4 is 17.3 Å². The van der Waals surface area contributed by atoms with Gasteiger partial charge in [-0.2, -0.15) is 0 Å². The molecule has 0 aliphatic carbocycles. The second-order valence-electron chi connectivity index (χ2n) is 9.07. The average Bonchev–Trinajstić information content (AvgIpc) is 3.40. The van der Waals surface area contributed by atoms with E-state index < -0.39 is 5.97 Å². The molecule has 3 aromatic carbocycles. The fourth-order valence-corrected chi connectivity index (χ4v) is 5.01. The lowest BCUT2D eigenvalue weighted by molar-refractivity contribution is 0.0697. The number of aromatic nitrogens is 1. The maximum Gasteiger partial charge on any atom is 0.335 e. The van der Waals surface area contributed by atoms with Gasteiger partial charge < -0.3 is 14.6 Å². The van der Waals surface area contributed by atoms with Gasteiger partial charge in [-0.3, -0.25) is 0 Å². The minimum atomic E-state index is -0.953. The molecule has 37 heavy (non-hydrogen) atoms. The summed E-state index contributed by atoms with van der Waals surface area (Å²) in [6, 6.07) is 23.2. The number of aromatic carboxylic acids is 1. The smallest absolute Gasteiger partial charge is 0.335 e. The molecule has 0 atom stereocenters. The van der Waals surface area contributed by atoms with Crippen molar-refractivity contribution in [1.29, 1.82) is 0 Å². The molecule has 1 N–H and O–H groups in total. The van der Waals surface area contributed by atoms with Crippen molar-refractivity contribution in [3.63, 3.8) is 0 Å². The lowest BCUT2D eigenvalue weighted by Crippen LogP contribution is -1.99. The summed E-state index contributed by atoms with van der Waals surface area (Å²) >= 11 is 1.54. The summed E-state index contributed by atoms with van der Waals surface area (Å²) in [6.45, 7) is 5.35. The highest BCUT2D eigenvalue weighted by molar-refractivity contribution is 7.09. The van der Waals surface area contributed by atoms with Crippen molar-refractivity contribution in [2.45, 2.75) is 58.7 Å². The number of nitrogens with zero attached hydrogens (tertiary/aromatic N) is 1. The molecule has 0 aliphatic rings. The van der Waals surface area contributed by atoms with Crippen LogP contribution in [-0.4, -0.2) is 16.1 Å². The Balaban J connectivity index is 1.29. The normalized spacial score (nSPS) is 11.0. The summed E-state index contributed by atoms with van der Waals surface area (Å²) in [5, 5.41) is 11.9. The van der Waals surface area contributed by atoms with Crippen molar-refractivity contribution in [3.8, 4) is 22.8 Å². The van der Waals surface area contributed by atoms with Crippen molar-refractivity contribution in [2.24, 2.45) is 0 Å². The zero-order valence-corrected chi connectivity index (χ0v) is 22.2. The molecule has 0 fully saturated rings. The van der Waals surface area contributed by atoms with Gasteiger partial charge in [-0.05, 0) is 66.3 Å². The minimum Gasteiger partial charge on any atom is -0.489 e. The number of rotatable bonds is 13. The molecule has 192 valence electrons. The molecule has 6 heteroatoms. The van der Waals surface area contributed by atoms with Gasteiger partial charge >= 0.3 is 5.97 Å². The van der Waals surface area contributed by atoms with E-state index in [9.17, 15) is 4.79 Å². The predicted molar refractivity (Wildman–Crippen MR) is 149 cm³/mol. The fraction of sp³-hybridized carbons (Fsp3) is 0.290. The Morgan fingerprint density at radius 3 is 2.03 bits per heavy atom. The van der Waals surface area contributed by atoms with Crippen LogP contribution in [0, 0.1) is 0 Å². The number of carboxylic acid groups (broad SMARTS) is 1. The monoisotopic (exact) mass is 515 g/mol. The SMILES string of the molecule is CCCC(CCC)c1ccc(OCc2ccc(-c3csc(COc4ccc(C(=O)O)cc4)n3)cc2)cc1. The number of benzene rings is 3. The van der Waals surface area contributed by atoms with Gasteiger partial charge in [0.05, 0.1) is 11.3 Å². The largest absolute Gasteiger partial charge is 0.489 e. The van der Waals surface area contributed by atoms with Gasteiger partial charge in [0.2, 0.25) is 0 Å². The van der Waals surface area contributed by atoms with E-state index in [0.29, 0.717) is 24.9 Å². The fourth-order valence-electron chi connectivity index (χ4n) is 4.30. The minimum absolute atomic E-state index is 0.235. The van der Waals surface area contributed by atoms with Gasteiger partial charge in [0, 0.05) is 10.9 Å². The molecule has 0 saturated carbocycles. The topological polar surface area (TPSA) is 68.7 Å². The first kappa shape index (κ1) is 26.4. The van der Waals surface area contributed by atoms with E-state index in [1.54, 1.807) is 12.1 Å². The Morgan fingerprint density at radius 2 is 1.43 bits per heavy atom. The number of carbonyl (C=O) groups is 1. The molecule has 0 spiro atoms. The first-order chi connectivity index (χ1) is 18.1. The first-order valence-corrected chi connectivity index (χ1v) is 13.7. The Bertz CT molecular complexity index is 1260. The van der Waals surface area contributed by atoms with E-state index in [0.717, 1.165) is 27.6 Å². The molecular weight excluding hydrogens is 482 g/mol. The van der Waals surface area contributed by atoms with Crippen LogP contribution in [-0.2, 0) is 13.2 Å². The third-order valence-corrected chi connectivity index (χ3v) is 7.12. The molecule has 0 amide bonds. The lowest BCUT2D eigenvalue weighted by atomic mass is 9.90. The zero-order chi connectivity index (χ0) is 26.0. The summed E-state index contributed by atoms with van der Waals surface area (Å²) in [5.41, 5.74) is 4.69. The van der Waals surface area contributed by atoms with Crippen LogP contribution in [0.25, 0.3) is 11.3 Å². The maximum absolute atomic E-state index is 11.0. The zero-order valence-electron chi connectivity index (χ0n) is 21.4. The Hall–Kier alpha value is -3.64. The third kappa shape index (κ3) is 7.43. The van der Waals surface area contributed by atoms with Crippen molar-refractivity contribution in [1.82, 2.24) is 4.98 Å². The summed E-state index contributed by atoms with van der Waals surface area (Å²) in [5.74, 6) is 1.19. The summed E-state index contributed by atoms with van der Waals surface area (Å²) in [4.78, 5) is 15.6. The number of thiazole rings is 1. The van der Waals surface area contributed by atoms with Crippen LogP contribution in [0.3, 0.4) is 0 Å². The quantitative estimate of drug-likeness (QED) is 0.194. The molecule has 0 radical (unpaired) electrons. The van der Waals surface area contributed by atoms with E-state index in [2.05, 4.69) is 67.4 Å². The Labute approximate surface area is 222 Å². The number of hydrogen-bond donors (Lipinski definition) is 1. The molecule has 1 aromatic heterocycles. The molecule has 0 saturated heterocycles. The molecule has 5 nitrogen and oxygen atoms in total. The van der Waals surface area contributed by atoms with Gasteiger partial charge in [-0.25, -0.2) is 9.78 Å². The van der Waals surface area contributed by atoms with Gasteiger partial charge in [-0.15, -0.1) is 11.3 Å². The van der Waals surface area contributed by atoms with E-state index in [1.165, 1.54) is 54.7 Å². The summed E-state index contributed by atoms with van der Waals surface area (Å²) in [6.07, 6.45) is 4.88. The molecule has 0 aliphatic heterocycles. The molecule has 4 rings (SSSR count). The van der Waals surface area contributed by atoms with E-state index >= 15 is 0 Å². The highest BCUT2D eigenvalue weighted by Crippen LogP contribution is 2.28. The van der Waals surface area contributed by atoms with Crippen molar-refractivity contribution < 1.29 is 19.4 Å². The molecule has 0 bridgehead atoms. The second kappa shape index (κ2) is 13.1. The Kier molecular flexibility index (Phi) is 9.33. The van der Waals surface area contributed by atoms with Crippen LogP contribution in [0.4, 0.5) is 0 Å². The van der Waals surface area contributed by atoms with Gasteiger partial charge in [0.25, 0.3) is 0 Å². The van der Waals surface area contributed by atoms with Gasteiger partial charge in [0.1, 0.15) is 29.7 Å². The maximum atomic E-state index is 11.0. The highest BCUT2D eigenvalue weighted by Gasteiger charge is 2.10. The highest BCUT2D eigenvalue weighted by atomic mass is 32.1. The molecule has 4 aromatic rings. The lowest BCUT2D eigenvalue weighted by Gasteiger charge is -2.16. The molecule has 1 heterocycles. The van der Waals surface area contributed by atoms with Crippen LogP contribution < -0.4 is 9.47 Å². The van der Waals surface area contributed by atoms with E-state index in [-0.39, 0.29) is 5.56 Å². The second-order valence-corrected chi connectivity index (χ2v) is 10.0. The van der Waals surface area contributed by atoms with Gasteiger partial charge in [0.15, 0.2) is 0 Å². The first-order valence-electron chi connectivity index (χ1n) is 12.8. The number of ether oxygens (including phenoxy) is 2. The third-order valence-electron chi connectivity index (χ3n) is 6.30. The Morgan fingerprint density at radius 1 is 0.838 bits per heavy atom. The summed E-state index contributed by atoms with van der Waals surface area (Å²) in [7, 11) is 0.